The van der Waals surface area contributed by atoms with Crippen LogP contribution in [0, 0.1) is 6.92 Å². The lowest BCUT2D eigenvalue weighted by atomic mass is 9.99. The Morgan fingerprint density at radius 2 is 1.76 bits per heavy atom. The highest BCUT2D eigenvalue weighted by Gasteiger charge is 2.29. The van der Waals surface area contributed by atoms with Gasteiger partial charge in [-0.3, -0.25) is 0 Å². The van der Waals surface area contributed by atoms with Crippen LogP contribution in [-0.2, 0) is 13.0 Å². The summed E-state index contributed by atoms with van der Waals surface area (Å²) < 4.78 is 6.28. The average Bonchev–Trinajstić information content (AvgIpc) is 3.31. The van der Waals surface area contributed by atoms with Gasteiger partial charge in [-0.15, -0.1) is 12.4 Å². The van der Waals surface area contributed by atoms with Gasteiger partial charge in [0, 0.05) is 48.4 Å². The van der Waals surface area contributed by atoms with Gasteiger partial charge in [-0.25, -0.2) is 0 Å². The second-order valence-electron chi connectivity index (χ2n) is 10.8. The molecule has 198 valence electrons. The molecule has 0 bridgehead atoms. The molecule has 3 aliphatic heterocycles. The number of halogens is 1. The zero-order valence-corrected chi connectivity index (χ0v) is 22.8. The molecular weight excluding hydrogens is 484 g/mol. The summed E-state index contributed by atoms with van der Waals surface area (Å²) in [5, 5.41) is 2.62. The Hall–Kier alpha value is -2.61. The molecule has 7 nitrogen and oxygen atoms in total. The lowest BCUT2D eigenvalue weighted by Gasteiger charge is -2.36. The number of anilines is 2. The summed E-state index contributed by atoms with van der Waals surface area (Å²) in [5.74, 6) is 1.07. The maximum Gasteiger partial charge on any atom is 0.318 e. The van der Waals surface area contributed by atoms with Crippen molar-refractivity contribution in [1.82, 2.24) is 14.9 Å². The molecule has 1 aromatic heterocycles. The minimum absolute atomic E-state index is 0. The Morgan fingerprint density at radius 3 is 2.51 bits per heavy atom. The van der Waals surface area contributed by atoms with Crippen LogP contribution in [0.3, 0.4) is 0 Å². The third-order valence-electron chi connectivity index (χ3n) is 8.37. The van der Waals surface area contributed by atoms with Gasteiger partial charge in [0.25, 0.3) is 0 Å². The second-order valence-corrected chi connectivity index (χ2v) is 10.8. The van der Waals surface area contributed by atoms with Crippen molar-refractivity contribution in [1.29, 1.82) is 0 Å². The van der Waals surface area contributed by atoms with Gasteiger partial charge < -0.3 is 25.2 Å². The zero-order valence-electron chi connectivity index (χ0n) is 22.0. The van der Waals surface area contributed by atoms with E-state index in [4.69, 9.17) is 20.4 Å². The van der Waals surface area contributed by atoms with E-state index in [0.29, 0.717) is 18.7 Å². The molecule has 3 aromatic rings. The summed E-state index contributed by atoms with van der Waals surface area (Å²) in [4.78, 5) is 17.3. The third kappa shape index (κ3) is 5.22. The van der Waals surface area contributed by atoms with E-state index in [0.717, 1.165) is 63.5 Å². The summed E-state index contributed by atoms with van der Waals surface area (Å²) >= 11 is 0. The number of likely N-dealkylation sites (tertiary alicyclic amines) is 1. The Labute approximate surface area is 226 Å². The third-order valence-corrected chi connectivity index (χ3v) is 8.37. The molecular formula is C29H39ClN6O. The Kier molecular flexibility index (Phi) is 7.75. The van der Waals surface area contributed by atoms with E-state index in [2.05, 4.69) is 65.1 Å². The minimum atomic E-state index is 0. The van der Waals surface area contributed by atoms with E-state index in [1.54, 1.807) is 0 Å². The number of hydrogen-bond acceptors (Lipinski definition) is 7. The van der Waals surface area contributed by atoms with Gasteiger partial charge >= 0.3 is 6.01 Å². The number of fused-ring (bicyclic) bond motifs is 2. The van der Waals surface area contributed by atoms with Crippen LogP contribution >= 0.6 is 12.4 Å². The lowest BCUT2D eigenvalue weighted by Crippen LogP contribution is -2.41. The first-order valence-corrected chi connectivity index (χ1v) is 13.5. The molecule has 0 radical (unpaired) electrons. The van der Waals surface area contributed by atoms with E-state index >= 15 is 0 Å². The number of aryl methyl sites for hydroxylation is 1. The van der Waals surface area contributed by atoms with Crippen LogP contribution in [0.2, 0.25) is 0 Å². The molecule has 0 spiro atoms. The van der Waals surface area contributed by atoms with Gasteiger partial charge in [0.2, 0.25) is 0 Å². The minimum Gasteiger partial charge on any atom is -0.462 e. The smallest absolute Gasteiger partial charge is 0.318 e. The topological polar surface area (TPSA) is 70.8 Å². The highest BCUT2D eigenvalue weighted by molar-refractivity contribution is 5.97. The maximum absolute atomic E-state index is 6.28. The van der Waals surface area contributed by atoms with Gasteiger partial charge in [-0.05, 0) is 69.6 Å². The van der Waals surface area contributed by atoms with Crippen molar-refractivity contribution in [3.05, 3.63) is 53.2 Å². The molecule has 37 heavy (non-hydrogen) atoms. The summed E-state index contributed by atoms with van der Waals surface area (Å²) in [6, 6.07) is 14.4. The van der Waals surface area contributed by atoms with Crippen LogP contribution < -0.4 is 20.3 Å². The van der Waals surface area contributed by atoms with Gasteiger partial charge in [0.05, 0.1) is 12.2 Å². The van der Waals surface area contributed by atoms with Crippen LogP contribution in [0.5, 0.6) is 6.01 Å². The Bertz CT molecular complexity index is 1240. The molecule has 4 heterocycles. The normalized spacial score (nSPS) is 20.7. The predicted molar refractivity (Wildman–Crippen MR) is 153 cm³/mol. The predicted octanol–water partition coefficient (Wildman–Crippen LogP) is 4.32. The monoisotopic (exact) mass is 522 g/mol. The van der Waals surface area contributed by atoms with Gasteiger partial charge in [0.1, 0.15) is 12.4 Å². The number of piperidine rings is 1. The fourth-order valence-corrected chi connectivity index (χ4v) is 6.16. The highest BCUT2D eigenvalue weighted by atomic mass is 35.5. The van der Waals surface area contributed by atoms with E-state index in [1.165, 1.54) is 40.4 Å². The van der Waals surface area contributed by atoms with Crippen molar-refractivity contribution < 1.29 is 4.74 Å². The molecule has 2 saturated heterocycles. The van der Waals surface area contributed by atoms with Crippen LogP contribution in [0.1, 0.15) is 42.5 Å². The number of ether oxygens (including phenoxy) is 1. The van der Waals surface area contributed by atoms with Crippen LogP contribution in [-0.4, -0.2) is 66.8 Å². The number of rotatable bonds is 5. The largest absolute Gasteiger partial charge is 0.462 e. The van der Waals surface area contributed by atoms with Crippen LogP contribution in [0.25, 0.3) is 10.8 Å². The van der Waals surface area contributed by atoms with Crippen molar-refractivity contribution in [2.75, 3.05) is 49.6 Å². The molecule has 1 unspecified atom stereocenters. The Morgan fingerprint density at radius 1 is 0.973 bits per heavy atom. The van der Waals surface area contributed by atoms with E-state index in [1.807, 2.05) is 0 Å². The molecule has 0 aliphatic carbocycles. The van der Waals surface area contributed by atoms with E-state index in [9.17, 15) is 0 Å². The van der Waals surface area contributed by atoms with E-state index in [-0.39, 0.29) is 18.4 Å². The number of likely N-dealkylation sites (N-methyl/N-ethyl adjacent to an activating group) is 1. The fourth-order valence-electron chi connectivity index (χ4n) is 6.16. The first kappa shape index (κ1) is 26.0. The molecule has 0 amide bonds. The SMILES string of the molecule is Cc1cccc2cccc(N3CCc4c(nc(OCC5CCCN5C)nc4N4CCC(N)CC4)C3)c12.Cl. The zero-order chi connectivity index (χ0) is 24.6. The molecule has 2 fully saturated rings. The highest BCUT2D eigenvalue weighted by Crippen LogP contribution is 2.35. The molecule has 2 aromatic carbocycles. The maximum atomic E-state index is 6.28. The van der Waals surface area contributed by atoms with E-state index < -0.39 is 0 Å². The van der Waals surface area contributed by atoms with Crippen molar-refractivity contribution in [3.8, 4) is 6.01 Å². The van der Waals surface area contributed by atoms with Gasteiger partial charge in [-0.2, -0.15) is 9.97 Å². The first-order chi connectivity index (χ1) is 17.6. The summed E-state index contributed by atoms with van der Waals surface area (Å²) in [5.41, 5.74) is 11.2. The number of nitrogens with zero attached hydrogens (tertiary/aromatic N) is 5. The average molecular weight is 523 g/mol. The van der Waals surface area contributed by atoms with Gasteiger partial charge in [0.15, 0.2) is 0 Å². The van der Waals surface area contributed by atoms with Crippen LogP contribution in [0.15, 0.2) is 36.4 Å². The van der Waals surface area contributed by atoms with Gasteiger partial charge in [-0.1, -0.05) is 30.3 Å². The van der Waals surface area contributed by atoms with Crippen molar-refractivity contribution in [3.63, 3.8) is 0 Å². The standard InChI is InChI=1S/C29H38N6O.ClH/c1-20-6-3-7-21-8-4-10-26(27(20)21)35-17-13-24-25(18-35)31-29(36-19-23-9-5-14-33(23)2)32-28(24)34-15-11-22(30)12-16-34;/h3-4,6-8,10,22-23H,5,9,11-19,30H2,1-2H3;1H. The number of nitrogens with two attached hydrogens (primary N) is 1. The fraction of sp³-hybridized carbons (Fsp3) is 0.517. The lowest BCUT2D eigenvalue weighted by molar-refractivity contribution is 0.187. The summed E-state index contributed by atoms with van der Waals surface area (Å²) in [6.07, 6.45) is 5.34. The second kappa shape index (κ2) is 11.0. The first-order valence-electron chi connectivity index (χ1n) is 13.5. The number of benzene rings is 2. The molecule has 2 N–H and O–H groups in total. The van der Waals surface area contributed by atoms with Crippen LogP contribution in [0.4, 0.5) is 11.5 Å². The molecule has 8 heteroatoms. The summed E-state index contributed by atoms with van der Waals surface area (Å²) in [7, 11) is 2.18. The molecule has 1 atom stereocenters. The number of hydrogen-bond donors (Lipinski definition) is 1. The molecule has 6 rings (SSSR count). The van der Waals surface area contributed by atoms with Crippen molar-refractivity contribution in [2.24, 2.45) is 5.73 Å². The summed E-state index contributed by atoms with van der Waals surface area (Å²) in [6.45, 7) is 7.60. The quantitative estimate of drug-likeness (QED) is 0.535. The number of aromatic nitrogens is 2. The molecule has 0 saturated carbocycles. The molecule has 3 aliphatic rings. The van der Waals surface area contributed by atoms with Crippen molar-refractivity contribution >= 4 is 34.7 Å². The van der Waals surface area contributed by atoms with Crippen molar-refractivity contribution in [2.45, 2.75) is 57.7 Å². The Balaban J connectivity index is 0.00000280.